The van der Waals surface area contributed by atoms with Gasteiger partial charge in [-0.05, 0) is 20.3 Å². The third-order valence-electron chi connectivity index (χ3n) is 4.62. The van der Waals surface area contributed by atoms with Crippen molar-refractivity contribution in [2.24, 2.45) is 0 Å². The molecule has 0 saturated carbocycles. The third-order valence-corrected chi connectivity index (χ3v) is 4.62. The highest BCUT2D eigenvalue weighted by molar-refractivity contribution is 5.99. The van der Waals surface area contributed by atoms with Crippen LogP contribution < -0.4 is 10.2 Å². The molecule has 0 spiro atoms. The van der Waals surface area contributed by atoms with Gasteiger partial charge in [0.15, 0.2) is 5.82 Å². The van der Waals surface area contributed by atoms with Crippen LogP contribution in [0, 0.1) is 6.92 Å². The monoisotopic (exact) mass is 354 g/mol. The largest absolute Gasteiger partial charge is 0.378 e. The summed E-state index contributed by atoms with van der Waals surface area (Å²) in [7, 11) is 0. The Bertz CT molecular complexity index is 755. The van der Waals surface area contributed by atoms with Crippen molar-refractivity contribution in [2.75, 3.05) is 31.2 Å². The van der Waals surface area contributed by atoms with Gasteiger partial charge in [0.05, 0.1) is 13.2 Å². The molecule has 6 nitrogen and oxygen atoms in total. The fourth-order valence-corrected chi connectivity index (χ4v) is 2.79. The van der Waals surface area contributed by atoms with Gasteiger partial charge < -0.3 is 15.0 Å². The van der Waals surface area contributed by atoms with Gasteiger partial charge in [0, 0.05) is 30.9 Å². The first-order chi connectivity index (χ1) is 12.6. The van der Waals surface area contributed by atoms with Crippen molar-refractivity contribution in [2.45, 2.75) is 33.2 Å². The third kappa shape index (κ3) is 4.19. The average molecular weight is 354 g/mol. The number of benzene rings is 1. The maximum Gasteiger partial charge on any atom is 0.256 e. The van der Waals surface area contributed by atoms with Crippen molar-refractivity contribution >= 4 is 11.7 Å². The van der Waals surface area contributed by atoms with Crippen molar-refractivity contribution in [3.05, 3.63) is 41.6 Å². The van der Waals surface area contributed by atoms with Crippen LogP contribution in [0.5, 0.6) is 0 Å². The molecular weight excluding hydrogens is 328 g/mol. The van der Waals surface area contributed by atoms with Gasteiger partial charge in [0.2, 0.25) is 0 Å². The standard InChI is InChI=1S/C20H26N4O2/c1-4-15(3)22-20(25)17-13-21-18(16-7-5-14(2)6-8-16)23-19(17)24-9-11-26-12-10-24/h5-8,13,15H,4,9-12H2,1-3H3,(H,22,25). The van der Waals surface area contributed by atoms with Gasteiger partial charge in [0.25, 0.3) is 5.91 Å². The van der Waals surface area contributed by atoms with Crippen molar-refractivity contribution < 1.29 is 9.53 Å². The smallest absolute Gasteiger partial charge is 0.256 e. The van der Waals surface area contributed by atoms with E-state index < -0.39 is 0 Å². The number of nitrogens with zero attached hydrogens (tertiary/aromatic N) is 3. The number of anilines is 1. The summed E-state index contributed by atoms with van der Waals surface area (Å²) in [6.45, 7) is 8.79. The van der Waals surface area contributed by atoms with Gasteiger partial charge >= 0.3 is 0 Å². The Morgan fingerprint density at radius 1 is 1.27 bits per heavy atom. The topological polar surface area (TPSA) is 67.4 Å². The van der Waals surface area contributed by atoms with Crippen LogP contribution in [-0.2, 0) is 4.74 Å². The van der Waals surface area contributed by atoms with E-state index >= 15 is 0 Å². The van der Waals surface area contributed by atoms with Crippen LogP contribution in [0.4, 0.5) is 5.82 Å². The number of ether oxygens (including phenoxy) is 1. The summed E-state index contributed by atoms with van der Waals surface area (Å²) in [4.78, 5) is 24.0. The molecule has 1 amide bonds. The molecule has 0 bridgehead atoms. The summed E-state index contributed by atoms with van der Waals surface area (Å²) in [6.07, 6.45) is 2.52. The summed E-state index contributed by atoms with van der Waals surface area (Å²) in [5, 5.41) is 3.02. The fraction of sp³-hybridized carbons (Fsp3) is 0.450. The summed E-state index contributed by atoms with van der Waals surface area (Å²) in [5.74, 6) is 1.18. The zero-order valence-corrected chi connectivity index (χ0v) is 15.7. The fourth-order valence-electron chi connectivity index (χ4n) is 2.79. The number of carbonyl (C=O) groups is 1. The lowest BCUT2D eigenvalue weighted by molar-refractivity contribution is 0.0937. The lowest BCUT2D eigenvalue weighted by Crippen LogP contribution is -2.39. The summed E-state index contributed by atoms with van der Waals surface area (Å²) < 4.78 is 5.45. The molecule has 3 rings (SSSR count). The van der Waals surface area contributed by atoms with Gasteiger partial charge in [0.1, 0.15) is 11.4 Å². The van der Waals surface area contributed by atoms with Gasteiger partial charge in [-0.15, -0.1) is 0 Å². The molecule has 1 aromatic carbocycles. The Hall–Kier alpha value is -2.47. The highest BCUT2D eigenvalue weighted by atomic mass is 16.5. The first kappa shape index (κ1) is 18.3. The highest BCUT2D eigenvalue weighted by Gasteiger charge is 2.22. The Morgan fingerprint density at radius 2 is 1.96 bits per heavy atom. The van der Waals surface area contributed by atoms with E-state index in [0.29, 0.717) is 43.5 Å². The van der Waals surface area contributed by atoms with Crippen molar-refractivity contribution in [1.82, 2.24) is 15.3 Å². The molecule has 2 aromatic rings. The molecule has 1 saturated heterocycles. The molecule has 1 aliphatic heterocycles. The van der Waals surface area contributed by atoms with E-state index in [1.807, 2.05) is 45.0 Å². The summed E-state index contributed by atoms with van der Waals surface area (Å²) in [5.41, 5.74) is 2.65. The summed E-state index contributed by atoms with van der Waals surface area (Å²) >= 11 is 0. The van der Waals surface area contributed by atoms with Crippen molar-refractivity contribution in [3.63, 3.8) is 0 Å². The number of hydrogen-bond acceptors (Lipinski definition) is 5. The second kappa shape index (κ2) is 8.27. The molecule has 1 N–H and O–H groups in total. The van der Waals surface area contributed by atoms with Crippen LogP contribution in [0.1, 0.15) is 36.2 Å². The van der Waals surface area contributed by atoms with Crippen LogP contribution in [-0.4, -0.2) is 48.2 Å². The molecule has 138 valence electrons. The first-order valence-corrected chi connectivity index (χ1v) is 9.16. The predicted octanol–water partition coefficient (Wildman–Crippen LogP) is 2.82. The Morgan fingerprint density at radius 3 is 2.62 bits per heavy atom. The van der Waals surface area contributed by atoms with E-state index in [9.17, 15) is 4.79 Å². The van der Waals surface area contributed by atoms with Crippen molar-refractivity contribution in [1.29, 1.82) is 0 Å². The molecule has 1 unspecified atom stereocenters. The predicted molar refractivity (Wildman–Crippen MR) is 102 cm³/mol. The van der Waals surface area contributed by atoms with Gasteiger partial charge in [-0.3, -0.25) is 4.79 Å². The molecule has 1 aromatic heterocycles. The lowest BCUT2D eigenvalue weighted by atomic mass is 10.1. The number of nitrogens with one attached hydrogen (secondary N) is 1. The van der Waals surface area contributed by atoms with Crippen LogP contribution in [0.2, 0.25) is 0 Å². The quantitative estimate of drug-likeness (QED) is 0.894. The minimum Gasteiger partial charge on any atom is -0.378 e. The molecule has 1 fully saturated rings. The number of rotatable bonds is 5. The number of hydrogen-bond donors (Lipinski definition) is 1. The summed E-state index contributed by atoms with van der Waals surface area (Å²) in [6, 6.07) is 8.20. The molecule has 1 atom stereocenters. The molecule has 6 heteroatoms. The molecular formula is C20H26N4O2. The lowest BCUT2D eigenvalue weighted by Gasteiger charge is -2.29. The van der Waals surface area contributed by atoms with Crippen molar-refractivity contribution in [3.8, 4) is 11.4 Å². The zero-order chi connectivity index (χ0) is 18.5. The van der Waals surface area contributed by atoms with Gasteiger partial charge in [-0.25, -0.2) is 9.97 Å². The van der Waals surface area contributed by atoms with E-state index in [1.54, 1.807) is 6.20 Å². The van der Waals surface area contributed by atoms with E-state index in [1.165, 1.54) is 5.56 Å². The van der Waals surface area contributed by atoms with Gasteiger partial charge in [-0.2, -0.15) is 0 Å². The van der Waals surface area contributed by atoms with Crippen LogP contribution in [0.15, 0.2) is 30.5 Å². The van der Waals surface area contributed by atoms with Crippen LogP contribution in [0.25, 0.3) is 11.4 Å². The first-order valence-electron chi connectivity index (χ1n) is 9.16. The maximum atomic E-state index is 12.7. The van der Waals surface area contributed by atoms with E-state index in [4.69, 9.17) is 9.72 Å². The number of aromatic nitrogens is 2. The molecule has 26 heavy (non-hydrogen) atoms. The number of morpholine rings is 1. The van der Waals surface area contributed by atoms with E-state index in [0.717, 1.165) is 12.0 Å². The molecule has 1 aliphatic rings. The van der Waals surface area contributed by atoms with E-state index in [-0.39, 0.29) is 11.9 Å². The minimum atomic E-state index is -0.128. The van der Waals surface area contributed by atoms with E-state index in [2.05, 4.69) is 15.2 Å². The zero-order valence-electron chi connectivity index (χ0n) is 15.7. The maximum absolute atomic E-state index is 12.7. The second-order valence-electron chi connectivity index (χ2n) is 6.68. The highest BCUT2D eigenvalue weighted by Crippen LogP contribution is 2.23. The number of carbonyl (C=O) groups excluding carboxylic acids is 1. The Balaban J connectivity index is 1.97. The molecule has 2 heterocycles. The van der Waals surface area contributed by atoms with Crippen LogP contribution in [0.3, 0.4) is 0 Å². The Labute approximate surface area is 154 Å². The molecule has 0 radical (unpaired) electrons. The Kier molecular flexibility index (Phi) is 5.83. The SMILES string of the molecule is CCC(C)NC(=O)c1cnc(-c2ccc(C)cc2)nc1N1CCOCC1. The molecule has 0 aliphatic carbocycles. The van der Waals surface area contributed by atoms with Crippen LogP contribution >= 0.6 is 0 Å². The van der Waals surface area contributed by atoms with Gasteiger partial charge in [-0.1, -0.05) is 36.8 Å². The second-order valence-corrected chi connectivity index (χ2v) is 6.68. The normalized spacial score (nSPS) is 15.6. The number of aryl methyl sites for hydroxylation is 1. The average Bonchev–Trinajstić information content (AvgIpc) is 2.68. The number of amides is 1. The minimum absolute atomic E-state index is 0.108.